The molecule has 0 saturated carbocycles. The Hall–Kier alpha value is -1.31. The molecule has 0 aliphatic carbocycles. The first-order valence-corrected chi connectivity index (χ1v) is 7.96. The van der Waals surface area contributed by atoms with Gasteiger partial charge in [0.25, 0.3) is 0 Å². The lowest BCUT2D eigenvalue weighted by molar-refractivity contribution is -0.130. The van der Waals surface area contributed by atoms with E-state index in [1.807, 2.05) is 18.5 Å². The van der Waals surface area contributed by atoms with Gasteiger partial charge in [0.15, 0.2) is 0 Å². The summed E-state index contributed by atoms with van der Waals surface area (Å²) in [6.07, 6.45) is 5.15. The van der Waals surface area contributed by atoms with E-state index in [9.17, 15) is 4.79 Å². The molecule has 1 heterocycles. The Balaban J connectivity index is 2.39. The van der Waals surface area contributed by atoms with Crippen molar-refractivity contribution in [2.45, 2.75) is 45.6 Å². The lowest BCUT2D eigenvalue weighted by atomic mass is 10.1. The van der Waals surface area contributed by atoms with Crippen LogP contribution in [0.4, 0.5) is 0 Å². The van der Waals surface area contributed by atoms with Crippen molar-refractivity contribution in [1.82, 2.24) is 4.90 Å². The first-order chi connectivity index (χ1) is 9.67. The SMILES string of the molecule is CCCCCCC(=O)N(C)Cc1cc(C#CCO)cs1. The Bertz CT molecular complexity index is 470. The van der Waals surface area contributed by atoms with Crippen molar-refractivity contribution >= 4 is 17.2 Å². The fourth-order valence-electron chi connectivity index (χ4n) is 1.89. The standard InChI is InChI=1S/C16H23NO2S/c1-3-4-5-6-9-16(19)17(2)12-15-11-14(13-20-15)8-7-10-18/h11,13,18H,3-6,9-10,12H2,1-2H3. The van der Waals surface area contributed by atoms with Crippen molar-refractivity contribution in [2.24, 2.45) is 0 Å². The number of hydrogen-bond acceptors (Lipinski definition) is 3. The van der Waals surface area contributed by atoms with Crippen molar-refractivity contribution < 1.29 is 9.90 Å². The van der Waals surface area contributed by atoms with Gasteiger partial charge in [-0.05, 0) is 12.5 Å². The Morgan fingerprint density at radius 2 is 2.20 bits per heavy atom. The molecule has 0 spiro atoms. The van der Waals surface area contributed by atoms with Gasteiger partial charge in [-0.1, -0.05) is 38.0 Å². The van der Waals surface area contributed by atoms with E-state index in [4.69, 9.17) is 5.11 Å². The Kier molecular flexibility index (Phi) is 8.01. The van der Waals surface area contributed by atoms with E-state index < -0.39 is 0 Å². The highest BCUT2D eigenvalue weighted by Crippen LogP contribution is 2.16. The molecule has 0 fully saturated rings. The second kappa shape index (κ2) is 9.57. The van der Waals surface area contributed by atoms with E-state index in [1.165, 1.54) is 12.8 Å². The fraction of sp³-hybridized carbons (Fsp3) is 0.562. The lowest BCUT2D eigenvalue weighted by Gasteiger charge is -2.16. The molecule has 0 bridgehead atoms. The van der Waals surface area contributed by atoms with Crippen molar-refractivity contribution in [3.63, 3.8) is 0 Å². The van der Waals surface area contributed by atoms with Gasteiger partial charge in [-0.2, -0.15) is 0 Å². The summed E-state index contributed by atoms with van der Waals surface area (Å²) in [5.74, 6) is 5.70. The molecule has 0 unspecified atom stereocenters. The minimum absolute atomic E-state index is 0.124. The van der Waals surface area contributed by atoms with Gasteiger partial charge in [-0.25, -0.2) is 0 Å². The third-order valence-electron chi connectivity index (χ3n) is 3.03. The van der Waals surface area contributed by atoms with Crippen LogP contribution in [0.5, 0.6) is 0 Å². The van der Waals surface area contributed by atoms with Crippen LogP contribution < -0.4 is 0 Å². The monoisotopic (exact) mass is 293 g/mol. The number of aliphatic hydroxyl groups is 1. The van der Waals surface area contributed by atoms with E-state index in [-0.39, 0.29) is 12.5 Å². The molecule has 3 nitrogen and oxygen atoms in total. The first kappa shape index (κ1) is 16.7. The van der Waals surface area contributed by atoms with E-state index in [2.05, 4.69) is 18.8 Å². The van der Waals surface area contributed by atoms with Gasteiger partial charge < -0.3 is 10.0 Å². The smallest absolute Gasteiger partial charge is 0.222 e. The number of aliphatic hydroxyl groups excluding tert-OH is 1. The second-order valence-electron chi connectivity index (χ2n) is 4.82. The number of carbonyl (C=O) groups is 1. The van der Waals surface area contributed by atoms with Gasteiger partial charge in [-0.3, -0.25) is 4.79 Å². The fourth-order valence-corrected chi connectivity index (χ4v) is 2.75. The molecule has 1 N–H and O–H groups in total. The minimum Gasteiger partial charge on any atom is -0.384 e. The quantitative estimate of drug-likeness (QED) is 0.620. The molecule has 0 aromatic carbocycles. The highest BCUT2D eigenvalue weighted by atomic mass is 32.1. The summed E-state index contributed by atoms with van der Waals surface area (Å²) in [7, 11) is 1.85. The summed E-state index contributed by atoms with van der Waals surface area (Å²) >= 11 is 1.60. The molecule has 110 valence electrons. The van der Waals surface area contributed by atoms with E-state index in [0.717, 1.165) is 23.3 Å². The summed E-state index contributed by atoms with van der Waals surface area (Å²) in [4.78, 5) is 14.9. The van der Waals surface area contributed by atoms with Gasteiger partial charge in [0.1, 0.15) is 6.61 Å². The normalized spacial score (nSPS) is 9.95. The molecule has 1 rings (SSSR count). The van der Waals surface area contributed by atoms with Gasteiger partial charge in [0.2, 0.25) is 5.91 Å². The summed E-state index contributed by atoms with van der Waals surface area (Å²) in [5, 5.41) is 10.6. The van der Waals surface area contributed by atoms with Gasteiger partial charge in [-0.15, -0.1) is 11.3 Å². The third-order valence-corrected chi connectivity index (χ3v) is 3.95. The van der Waals surface area contributed by atoms with Crippen molar-refractivity contribution in [1.29, 1.82) is 0 Å². The number of unbranched alkanes of at least 4 members (excludes halogenated alkanes) is 3. The van der Waals surface area contributed by atoms with Crippen molar-refractivity contribution in [3.05, 3.63) is 21.9 Å². The molecule has 0 saturated heterocycles. The molecular weight excluding hydrogens is 270 g/mol. The molecule has 1 amide bonds. The third kappa shape index (κ3) is 6.23. The Labute approximate surface area is 125 Å². The zero-order valence-corrected chi connectivity index (χ0v) is 13.1. The molecule has 0 atom stereocenters. The minimum atomic E-state index is -0.124. The zero-order chi connectivity index (χ0) is 14.8. The maximum absolute atomic E-state index is 12.0. The maximum Gasteiger partial charge on any atom is 0.222 e. The summed E-state index contributed by atoms with van der Waals surface area (Å²) in [5.41, 5.74) is 0.905. The highest BCUT2D eigenvalue weighted by Gasteiger charge is 2.10. The molecular formula is C16H23NO2S. The number of thiophene rings is 1. The molecule has 0 radical (unpaired) electrons. The maximum atomic E-state index is 12.0. The number of carbonyl (C=O) groups excluding carboxylic acids is 1. The Morgan fingerprint density at radius 3 is 2.90 bits per heavy atom. The number of rotatable bonds is 7. The molecule has 1 aromatic heterocycles. The van der Waals surface area contributed by atoms with Crippen LogP contribution in [0, 0.1) is 11.8 Å². The van der Waals surface area contributed by atoms with Crippen LogP contribution in [0.3, 0.4) is 0 Å². The number of hydrogen-bond donors (Lipinski definition) is 1. The largest absolute Gasteiger partial charge is 0.384 e. The summed E-state index contributed by atoms with van der Waals surface area (Å²) < 4.78 is 0. The molecule has 20 heavy (non-hydrogen) atoms. The van der Waals surface area contributed by atoms with Crippen LogP contribution in [-0.4, -0.2) is 29.6 Å². The molecule has 0 aliphatic rings. The van der Waals surface area contributed by atoms with Crippen LogP contribution in [0.2, 0.25) is 0 Å². The first-order valence-electron chi connectivity index (χ1n) is 7.08. The van der Waals surface area contributed by atoms with Crippen LogP contribution in [0.15, 0.2) is 11.4 Å². The Morgan fingerprint density at radius 1 is 1.40 bits per heavy atom. The predicted molar refractivity (Wildman–Crippen MR) is 83.5 cm³/mol. The summed E-state index contributed by atoms with van der Waals surface area (Å²) in [6.45, 7) is 2.68. The van der Waals surface area contributed by atoms with Crippen LogP contribution in [-0.2, 0) is 11.3 Å². The molecule has 0 aliphatic heterocycles. The molecule has 1 aromatic rings. The average molecular weight is 293 g/mol. The van der Waals surface area contributed by atoms with E-state index in [1.54, 1.807) is 16.2 Å². The predicted octanol–water partition coefficient (Wildman–Crippen LogP) is 3.02. The van der Waals surface area contributed by atoms with Crippen LogP contribution in [0.25, 0.3) is 0 Å². The average Bonchev–Trinajstić information content (AvgIpc) is 2.88. The van der Waals surface area contributed by atoms with Crippen molar-refractivity contribution in [3.8, 4) is 11.8 Å². The lowest BCUT2D eigenvalue weighted by Crippen LogP contribution is -2.25. The van der Waals surface area contributed by atoms with E-state index in [0.29, 0.717) is 13.0 Å². The number of nitrogens with zero attached hydrogens (tertiary/aromatic N) is 1. The summed E-state index contributed by atoms with van der Waals surface area (Å²) in [6, 6.07) is 1.98. The van der Waals surface area contributed by atoms with Crippen LogP contribution >= 0.6 is 11.3 Å². The zero-order valence-electron chi connectivity index (χ0n) is 12.3. The van der Waals surface area contributed by atoms with Crippen molar-refractivity contribution in [2.75, 3.05) is 13.7 Å². The highest BCUT2D eigenvalue weighted by molar-refractivity contribution is 7.10. The second-order valence-corrected chi connectivity index (χ2v) is 5.82. The van der Waals surface area contributed by atoms with Gasteiger partial charge in [0, 0.05) is 29.3 Å². The van der Waals surface area contributed by atoms with Gasteiger partial charge in [0.05, 0.1) is 6.54 Å². The number of amides is 1. The van der Waals surface area contributed by atoms with Gasteiger partial charge >= 0.3 is 0 Å². The topological polar surface area (TPSA) is 40.5 Å². The van der Waals surface area contributed by atoms with Crippen LogP contribution in [0.1, 0.15) is 49.5 Å². The molecule has 4 heteroatoms. The van der Waals surface area contributed by atoms with E-state index >= 15 is 0 Å².